The molecule has 1 N–H and O–H groups in total. The van der Waals surface area contributed by atoms with Crippen LogP contribution in [0.3, 0.4) is 0 Å². The van der Waals surface area contributed by atoms with Crippen LogP contribution >= 0.6 is 0 Å². The lowest BCUT2D eigenvalue weighted by molar-refractivity contribution is -0.571. The lowest BCUT2D eigenvalue weighted by Gasteiger charge is -2.32. The van der Waals surface area contributed by atoms with E-state index in [1.165, 1.54) is 12.3 Å². The highest BCUT2D eigenvalue weighted by Gasteiger charge is 2.59. The maximum atomic E-state index is 12.3. The first-order valence-corrected chi connectivity index (χ1v) is 11.2. The van der Waals surface area contributed by atoms with Gasteiger partial charge in [0.15, 0.2) is 6.04 Å². The molecule has 2 unspecified atom stereocenters. The summed E-state index contributed by atoms with van der Waals surface area (Å²) in [6.45, 7) is 8.34. The van der Waals surface area contributed by atoms with Gasteiger partial charge in [-0.2, -0.15) is 4.90 Å². The molecule has 2 aliphatic rings. The topological polar surface area (TPSA) is 44.9 Å². The predicted molar refractivity (Wildman–Crippen MR) is 120 cm³/mol. The van der Waals surface area contributed by atoms with E-state index in [1.54, 1.807) is 0 Å². The Hall–Kier alpha value is -2.53. The number of aliphatic hydroxyl groups is 1. The summed E-state index contributed by atoms with van der Waals surface area (Å²) in [5, 5.41) is 12.3. The minimum atomic E-state index is -1.15. The third kappa shape index (κ3) is 3.56. The van der Waals surface area contributed by atoms with Gasteiger partial charge in [0.05, 0.1) is 19.8 Å². The molecule has 0 bridgehead atoms. The second-order valence-corrected chi connectivity index (χ2v) is 8.04. The van der Waals surface area contributed by atoms with Crippen molar-refractivity contribution in [2.45, 2.75) is 58.2 Å². The van der Waals surface area contributed by atoms with Crippen LogP contribution in [-0.4, -0.2) is 41.3 Å². The van der Waals surface area contributed by atoms with Gasteiger partial charge in [-0.05, 0) is 88.6 Å². The molecule has 2 aromatic carbocycles. The molecule has 0 amide bonds. The van der Waals surface area contributed by atoms with Crippen LogP contribution in [0.5, 0.6) is 11.5 Å². The molecular weight excluding hydrogens is 376 g/mol. The van der Waals surface area contributed by atoms with Gasteiger partial charge in [0.2, 0.25) is 0 Å². The van der Waals surface area contributed by atoms with E-state index in [0.29, 0.717) is 13.2 Å². The Morgan fingerprint density at radius 2 is 1.53 bits per heavy atom. The number of benzene rings is 2. The maximum absolute atomic E-state index is 12.3. The molecule has 5 heteroatoms. The third-order valence-corrected chi connectivity index (χ3v) is 6.28. The second-order valence-electron chi connectivity index (χ2n) is 8.04. The average molecular weight is 410 g/mol. The Bertz CT molecular complexity index is 892. The van der Waals surface area contributed by atoms with E-state index in [0.717, 1.165) is 48.6 Å². The summed E-state index contributed by atoms with van der Waals surface area (Å²) in [4.78, 5) is 2.15. The SMILES string of the molecule is CCOc1ccc(N2C3=[N+](CCCCC3)C(C)C2(O)c2ccc(OCC)cc2)cc1. The van der Waals surface area contributed by atoms with Crippen LogP contribution < -0.4 is 14.4 Å². The van der Waals surface area contributed by atoms with Gasteiger partial charge in [-0.3, -0.25) is 4.58 Å². The quantitative estimate of drug-likeness (QED) is 0.713. The van der Waals surface area contributed by atoms with E-state index in [2.05, 4.69) is 28.5 Å². The standard InChI is InChI=1S/C25H33N2O3/c1-4-29-22-14-10-20(11-15-22)25(28)19(3)26-18-8-6-7-9-24(26)27(25)21-12-16-23(17-13-21)30-5-2/h10-17,19,28H,4-9,18H2,1-3H3/q+1. The Kier molecular flexibility index (Phi) is 6.00. The van der Waals surface area contributed by atoms with Crippen molar-refractivity contribution >= 4 is 11.5 Å². The lowest BCUT2D eigenvalue weighted by Crippen LogP contribution is -2.51. The number of hydrogen-bond acceptors (Lipinski definition) is 4. The van der Waals surface area contributed by atoms with Gasteiger partial charge in [0, 0.05) is 12.0 Å². The van der Waals surface area contributed by atoms with Gasteiger partial charge in [0.1, 0.15) is 17.2 Å². The molecule has 0 saturated carbocycles. The molecule has 0 aliphatic carbocycles. The van der Waals surface area contributed by atoms with E-state index in [-0.39, 0.29) is 6.04 Å². The molecule has 0 saturated heterocycles. The van der Waals surface area contributed by atoms with Crippen LogP contribution in [0.4, 0.5) is 5.69 Å². The first-order chi connectivity index (χ1) is 14.6. The fraction of sp³-hybridized carbons (Fsp3) is 0.480. The van der Waals surface area contributed by atoms with Crippen LogP contribution in [0.25, 0.3) is 0 Å². The van der Waals surface area contributed by atoms with Crippen LogP contribution in [0.15, 0.2) is 48.5 Å². The number of rotatable bonds is 6. The molecule has 30 heavy (non-hydrogen) atoms. The summed E-state index contributed by atoms with van der Waals surface area (Å²) in [5.74, 6) is 2.88. The van der Waals surface area contributed by atoms with E-state index in [9.17, 15) is 5.11 Å². The van der Waals surface area contributed by atoms with Crippen molar-refractivity contribution < 1.29 is 19.2 Å². The van der Waals surface area contributed by atoms with Crippen LogP contribution in [0.1, 0.15) is 52.0 Å². The highest BCUT2D eigenvalue weighted by atomic mass is 16.5. The van der Waals surface area contributed by atoms with E-state index < -0.39 is 5.72 Å². The first-order valence-electron chi connectivity index (χ1n) is 11.2. The number of amidine groups is 1. The van der Waals surface area contributed by atoms with Crippen molar-refractivity contribution in [2.75, 3.05) is 24.7 Å². The molecule has 2 atom stereocenters. The normalized spacial score (nSPS) is 23.9. The number of anilines is 1. The molecule has 0 spiro atoms. The Morgan fingerprint density at radius 3 is 2.13 bits per heavy atom. The van der Waals surface area contributed by atoms with Crippen molar-refractivity contribution in [1.82, 2.24) is 0 Å². The molecule has 2 aromatic rings. The third-order valence-electron chi connectivity index (χ3n) is 6.28. The molecule has 0 aromatic heterocycles. The van der Waals surface area contributed by atoms with Gasteiger partial charge in [-0.25, -0.2) is 0 Å². The summed E-state index contributed by atoms with van der Waals surface area (Å²) in [7, 11) is 0. The first kappa shape index (κ1) is 20.7. The monoisotopic (exact) mass is 409 g/mol. The largest absolute Gasteiger partial charge is 0.494 e. The predicted octanol–water partition coefficient (Wildman–Crippen LogP) is 4.52. The molecular formula is C25H33N2O3+. The minimum absolute atomic E-state index is 0.0601. The van der Waals surface area contributed by atoms with Crippen molar-refractivity contribution in [1.29, 1.82) is 0 Å². The Labute approximate surface area is 179 Å². The van der Waals surface area contributed by atoms with E-state index in [1.807, 2.05) is 50.2 Å². The molecule has 4 rings (SSSR count). The highest BCUT2D eigenvalue weighted by molar-refractivity contribution is 5.97. The van der Waals surface area contributed by atoms with Crippen molar-refractivity contribution in [3.63, 3.8) is 0 Å². The Morgan fingerprint density at radius 1 is 0.933 bits per heavy atom. The van der Waals surface area contributed by atoms with Crippen LogP contribution in [0, 0.1) is 0 Å². The fourth-order valence-corrected chi connectivity index (χ4v) is 4.81. The molecule has 2 heterocycles. The van der Waals surface area contributed by atoms with E-state index >= 15 is 0 Å². The smallest absolute Gasteiger partial charge is 0.278 e. The van der Waals surface area contributed by atoms with Crippen LogP contribution in [0.2, 0.25) is 0 Å². The molecule has 160 valence electrons. The molecule has 5 nitrogen and oxygen atoms in total. The number of nitrogens with zero attached hydrogens (tertiary/aromatic N) is 2. The van der Waals surface area contributed by atoms with Crippen LogP contribution in [-0.2, 0) is 5.72 Å². The zero-order chi connectivity index (χ0) is 21.1. The Balaban J connectivity index is 1.78. The minimum Gasteiger partial charge on any atom is -0.494 e. The van der Waals surface area contributed by atoms with Crippen molar-refractivity contribution in [3.05, 3.63) is 54.1 Å². The molecule has 2 aliphatic heterocycles. The zero-order valence-corrected chi connectivity index (χ0v) is 18.3. The van der Waals surface area contributed by atoms with Gasteiger partial charge in [0.25, 0.3) is 11.6 Å². The summed E-state index contributed by atoms with van der Waals surface area (Å²) in [6.07, 6.45) is 4.50. The van der Waals surface area contributed by atoms with Gasteiger partial charge in [-0.1, -0.05) is 0 Å². The van der Waals surface area contributed by atoms with Crippen molar-refractivity contribution in [3.8, 4) is 11.5 Å². The zero-order valence-electron chi connectivity index (χ0n) is 18.3. The molecule has 0 fully saturated rings. The summed E-state index contributed by atoms with van der Waals surface area (Å²) >= 11 is 0. The summed E-state index contributed by atoms with van der Waals surface area (Å²) in [5.41, 5.74) is 0.721. The average Bonchev–Trinajstić information content (AvgIpc) is 2.91. The van der Waals surface area contributed by atoms with Crippen molar-refractivity contribution in [2.24, 2.45) is 0 Å². The number of ether oxygens (including phenoxy) is 2. The lowest BCUT2D eigenvalue weighted by atomic mass is 9.93. The summed E-state index contributed by atoms with van der Waals surface area (Å²) in [6, 6.07) is 15.9. The molecule has 0 radical (unpaired) electrons. The van der Waals surface area contributed by atoms with Gasteiger partial charge >= 0.3 is 0 Å². The number of hydrogen-bond donors (Lipinski definition) is 1. The maximum Gasteiger partial charge on any atom is 0.278 e. The van der Waals surface area contributed by atoms with Gasteiger partial charge < -0.3 is 14.6 Å². The fourth-order valence-electron chi connectivity index (χ4n) is 4.81. The van der Waals surface area contributed by atoms with Gasteiger partial charge in [-0.15, -0.1) is 0 Å². The summed E-state index contributed by atoms with van der Waals surface area (Å²) < 4.78 is 13.7. The van der Waals surface area contributed by atoms with E-state index in [4.69, 9.17) is 9.47 Å². The highest BCUT2D eigenvalue weighted by Crippen LogP contribution is 2.42. The second kappa shape index (κ2) is 8.68.